The van der Waals surface area contributed by atoms with Crippen LogP contribution in [-0.4, -0.2) is 23.5 Å². The Bertz CT molecular complexity index is 429. The van der Waals surface area contributed by atoms with Gasteiger partial charge in [0, 0.05) is 13.5 Å². The molecule has 1 aromatic carbocycles. The molecule has 0 spiro atoms. The molecule has 92 valence electrons. The monoisotopic (exact) mass is 237 g/mol. The zero-order chi connectivity index (χ0) is 12.8. The Kier molecular flexibility index (Phi) is 4.51. The molecule has 0 fully saturated rings. The standard InChI is InChI=1S/C12H15NO4/c1-3-7-13-12(16)9-5-4-6-10(15)11(9)17-8(2)14/h4-6,15H,3,7H2,1-2H3,(H,13,16). The molecule has 5 nitrogen and oxygen atoms in total. The minimum atomic E-state index is -0.587. The summed E-state index contributed by atoms with van der Waals surface area (Å²) in [4.78, 5) is 22.6. The lowest BCUT2D eigenvalue weighted by Gasteiger charge is -2.10. The lowest BCUT2D eigenvalue weighted by Crippen LogP contribution is -2.24. The summed E-state index contributed by atoms with van der Waals surface area (Å²) in [6, 6.07) is 4.36. The molecule has 17 heavy (non-hydrogen) atoms. The van der Waals surface area contributed by atoms with Crippen LogP contribution in [0.25, 0.3) is 0 Å². The molecule has 0 heterocycles. The number of phenolic OH excluding ortho intramolecular Hbond substituents is 1. The van der Waals surface area contributed by atoms with Crippen LogP contribution in [0, 0.1) is 0 Å². The predicted molar refractivity (Wildman–Crippen MR) is 62.0 cm³/mol. The lowest BCUT2D eigenvalue weighted by molar-refractivity contribution is -0.132. The van der Waals surface area contributed by atoms with Crippen molar-refractivity contribution in [1.29, 1.82) is 0 Å². The second-order valence-electron chi connectivity index (χ2n) is 3.50. The number of esters is 1. The second-order valence-corrected chi connectivity index (χ2v) is 3.50. The first-order chi connectivity index (χ1) is 8.06. The van der Waals surface area contributed by atoms with Gasteiger partial charge in [-0.2, -0.15) is 0 Å². The quantitative estimate of drug-likeness (QED) is 0.614. The summed E-state index contributed by atoms with van der Waals surface area (Å²) in [5.74, 6) is -1.30. The lowest BCUT2D eigenvalue weighted by atomic mass is 10.1. The third-order valence-corrected chi connectivity index (χ3v) is 2.02. The van der Waals surface area contributed by atoms with Gasteiger partial charge in [-0.1, -0.05) is 13.0 Å². The number of para-hydroxylation sites is 1. The van der Waals surface area contributed by atoms with E-state index in [0.717, 1.165) is 6.42 Å². The van der Waals surface area contributed by atoms with Gasteiger partial charge in [-0.15, -0.1) is 0 Å². The molecular formula is C12H15NO4. The van der Waals surface area contributed by atoms with Crippen molar-refractivity contribution in [2.45, 2.75) is 20.3 Å². The van der Waals surface area contributed by atoms with Gasteiger partial charge in [0.1, 0.15) is 0 Å². The normalized spacial score (nSPS) is 9.76. The zero-order valence-electron chi connectivity index (χ0n) is 9.82. The van der Waals surface area contributed by atoms with Crippen LogP contribution in [0.15, 0.2) is 18.2 Å². The Hall–Kier alpha value is -2.04. The van der Waals surface area contributed by atoms with Crippen LogP contribution >= 0.6 is 0 Å². The molecule has 1 aromatic rings. The van der Waals surface area contributed by atoms with Crippen molar-refractivity contribution in [1.82, 2.24) is 5.32 Å². The summed E-state index contributed by atoms with van der Waals surface area (Å²) >= 11 is 0. The van der Waals surface area contributed by atoms with Crippen LogP contribution in [0.4, 0.5) is 0 Å². The SMILES string of the molecule is CCCNC(=O)c1cccc(O)c1OC(C)=O. The maximum absolute atomic E-state index is 11.7. The molecule has 1 rings (SSSR count). The number of carbonyl (C=O) groups is 2. The van der Waals surface area contributed by atoms with E-state index in [0.29, 0.717) is 6.54 Å². The van der Waals surface area contributed by atoms with Gasteiger partial charge in [-0.25, -0.2) is 0 Å². The third-order valence-electron chi connectivity index (χ3n) is 2.02. The summed E-state index contributed by atoms with van der Waals surface area (Å²) in [6.45, 7) is 3.66. The first-order valence-corrected chi connectivity index (χ1v) is 5.34. The fourth-order valence-electron chi connectivity index (χ4n) is 1.29. The van der Waals surface area contributed by atoms with E-state index in [1.54, 1.807) is 0 Å². The van der Waals surface area contributed by atoms with Crippen molar-refractivity contribution in [2.24, 2.45) is 0 Å². The van der Waals surface area contributed by atoms with Crippen LogP contribution in [0.3, 0.4) is 0 Å². The summed E-state index contributed by atoms with van der Waals surface area (Å²) < 4.78 is 4.83. The van der Waals surface area contributed by atoms with E-state index in [2.05, 4.69) is 5.32 Å². The van der Waals surface area contributed by atoms with Gasteiger partial charge in [0.25, 0.3) is 5.91 Å². The average Bonchev–Trinajstić information content (AvgIpc) is 2.28. The number of nitrogens with one attached hydrogen (secondary N) is 1. The number of amides is 1. The largest absolute Gasteiger partial charge is 0.504 e. The number of ether oxygens (including phenoxy) is 1. The van der Waals surface area contributed by atoms with E-state index in [-0.39, 0.29) is 23.0 Å². The molecule has 1 amide bonds. The van der Waals surface area contributed by atoms with Gasteiger partial charge in [-0.3, -0.25) is 9.59 Å². The van der Waals surface area contributed by atoms with Crippen molar-refractivity contribution < 1.29 is 19.4 Å². The van der Waals surface area contributed by atoms with Gasteiger partial charge in [-0.05, 0) is 18.6 Å². The molecule has 0 saturated carbocycles. The Labute approximate surface area is 99.4 Å². The van der Waals surface area contributed by atoms with E-state index < -0.39 is 5.97 Å². The summed E-state index contributed by atoms with van der Waals surface area (Å²) in [5, 5.41) is 12.2. The maximum atomic E-state index is 11.7. The Morgan fingerprint density at radius 1 is 1.41 bits per heavy atom. The van der Waals surface area contributed by atoms with Crippen molar-refractivity contribution >= 4 is 11.9 Å². The maximum Gasteiger partial charge on any atom is 0.308 e. The van der Waals surface area contributed by atoms with Crippen LogP contribution in [0.5, 0.6) is 11.5 Å². The predicted octanol–water partition coefficient (Wildman–Crippen LogP) is 1.46. The number of carbonyl (C=O) groups excluding carboxylic acids is 2. The molecule has 0 bridgehead atoms. The Morgan fingerprint density at radius 3 is 2.71 bits per heavy atom. The van der Waals surface area contributed by atoms with E-state index in [1.807, 2.05) is 6.92 Å². The molecule has 0 saturated heterocycles. The molecule has 5 heteroatoms. The van der Waals surface area contributed by atoms with Gasteiger partial charge < -0.3 is 15.2 Å². The van der Waals surface area contributed by atoms with Gasteiger partial charge >= 0.3 is 5.97 Å². The van der Waals surface area contributed by atoms with E-state index >= 15 is 0 Å². The number of rotatable bonds is 4. The number of benzene rings is 1. The topological polar surface area (TPSA) is 75.6 Å². The van der Waals surface area contributed by atoms with Crippen molar-refractivity contribution in [3.63, 3.8) is 0 Å². The molecule has 0 unspecified atom stereocenters. The van der Waals surface area contributed by atoms with E-state index in [9.17, 15) is 14.7 Å². The first-order valence-electron chi connectivity index (χ1n) is 5.34. The fraction of sp³-hybridized carbons (Fsp3) is 0.333. The highest BCUT2D eigenvalue weighted by Crippen LogP contribution is 2.30. The highest BCUT2D eigenvalue weighted by molar-refractivity contribution is 5.98. The van der Waals surface area contributed by atoms with Crippen molar-refractivity contribution in [2.75, 3.05) is 6.54 Å². The molecule has 0 radical (unpaired) electrons. The van der Waals surface area contributed by atoms with Crippen LogP contribution in [0.1, 0.15) is 30.6 Å². The average molecular weight is 237 g/mol. The second kappa shape index (κ2) is 5.89. The minimum Gasteiger partial charge on any atom is -0.504 e. The van der Waals surface area contributed by atoms with Crippen molar-refractivity contribution in [3.8, 4) is 11.5 Å². The van der Waals surface area contributed by atoms with Crippen LogP contribution in [0.2, 0.25) is 0 Å². The van der Waals surface area contributed by atoms with Crippen LogP contribution in [-0.2, 0) is 4.79 Å². The van der Waals surface area contributed by atoms with Gasteiger partial charge in [0.15, 0.2) is 11.5 Å². The summed E-state index contributed by atoms with van der Waals surface area (Å²) in [7, 11) is 0. The molecule has 0 aromatic heterocycles. The highest BCUT2D eigenvalue weighted by atomic mass is 16.5. The first kappa shape index (κ1) is 13.0. The minimum absolute atomic E-state index is 0.103. The van der Waals surface area contributed by atoms with Gasteiger partial charge in [0.2, 0.25) is 0 Å². The molecule has 0 aliphatic rings. The molecule has 0 atom stereocenters. The van der Waals surface area contributed by atoms with E-state index in [1.165, 1.54) is 25.1 Å². The molecule has 0 aliphatic heterocycles. The number of aromatic hydroxyl groups is 1. The molecule has 2 N–H and O–H groups in total. The number of hydrogen-bond donors (Lipinski definition) is 2. The van der Waals surface area contributed by atoms with E-state index in [4.69, 9.17) is 4.74 Å². The number of hydrogen-bond acceptors (Lipinski definition) is 4. The summed E-state index contributed by atoms with van der Waals surface area (Å²) in [5.41, 5.74) is 0.147. The van der Waals surface area contributed by atoms with Crippen LogP contribution < -0.4 is 10.1 Å². The smallest absolute Gasteiger partial charge is 0.308 e. The Balaban J connectivity index is 3.01. The molecule has 0 aliphatic carbocycles. The summed E-state index contributed by atoms with van der Waals surface area (Å²) in [6.07, 6.45) is 0.799. The molecular weight excluding hydrogens is 222 g/mol. The van der Waals surface area contributed by atoms with Crippen molar-refractivity contribution in [3.05, 3.63) is 23.8 Å². The fourth-order valence-corrected chi connectivity index (χ4v) is 1.29. The number of phenols is 1. The Morgan fingerprint density at radius 2 is 2.12 bits per heavy atom. The van der Waals surface area contributed by atoms with Gasteiger partial charge in [0.05, 0.1) is 5.56 Å². The zero-order valence-corrected chi connectivity index (χ0v) is 9.82. The third kappa shape index (κ3) is 3.48. The highest BCUT2D eigenvalue weighted by Gasteiger charge is 2.17.